The van der Waals surface area contributed by atoms with Crippen molar-refractivity contribution in [3.63, 3.8) is 0 Å². The predicted octanol–water partition coefficient (Wildman–Crippen LogP) is 3.58. The number of benzene rings is 1. The number of hydrogen-bond acceptors (Lipinski definition) is 6. The number of aromatic nitrogens is 1. The Morgan fingerprint density at radius 1 is 1.18 bits per heavy atom. The summed E-state index contributed by atoms with van der Waals surface area (Å²) in [7, 11) is -1.83. The molecular weight excluding hydrogens is 303 g/mol. The van der Waals surface area contributed by atoms with Gasteiger partial charge in [-0.1, -0.05) is 17.7 Å². The number of anilines is 1. The first-order chi connectivity index (χ1) is 10.5. The van der Waals surface area contributed by atoms with Crippen molar-refractivity contribution >= 4 is 18.9 Å². The minimum atomic E-state index is -3.50. The van der Waals surface area contributed by atoms with E-state index in [0.717, 1.165) is 11.1 Å². The summed E-state index contributed by atoms with van der Waals surface area (Å²) in [5.41, 5.74) is 2.11. The van der Waals surface area contributed by atoms with E-state index < -0.39 is 7.60 Å². The van der Waals surface area contributed by atoms with Gasteiger partial charge >= 0.3 is 7.60 Å². The Morgan fingerprint density at radius 3 is 2.27 bits per heavy atom. The van der Waals surface area contributed by atoms with Crippen molar-refractivity contribution < 1.29 is 18.0 Å². The van der Waals surface area contributed by atoms with Gasteiger partial charge in [-0.25, -0.2) is 0 Å². The topological polar surface area (TPSA) is 73.6 Å². The molecule has 7 heteroatoms. The van der Waals surface area contributed by atoms with Gasteiger partial charge < -0.3 is 18.8 Å². The summed E-state index contributed by atoms with van der Waals surface area (Å²) in [4.78, 5) is 4.35. The fourth-order valence-electron chi connectivity index (χ4n) is 1.98. The van der Waals surface area contributed by atoms with Crippen LogP contribution in [-0.2, 0) is 13.6 Å². The third-order valence-corrected chi connectivity index (χ3v) is 5.01. The third kappa shape index (κ3) is 3.40. The second-order valence-electron chi connectivity index (χ2n) is 4.62. The van der Waals surface area contributed by atoms with Crippen molar-refractivity contribution in [3.05, 3.63) is 29.8 Å². The lowest BCUT2D eigenvalue weighted by Crippen LogP contribution is -2.15. The van der Waals surface area contributed by atoms with E-state index >= 15 is 0 Å². The number of nitrogens with zero attached hydrogens (tertiary/aromatic N) is 1. The zero-order valence-electron chi connectivity index (χ0n) is 13.3. The molecule has 2 aromatic rings. The molecule has 0 atom stereocenters. The second kappa shape index (κ2) is 7.09. The minimum Gasteiger partial charge on any atom is -0.420 e. The molecule has 1 N–H and O–H groups in total. The number of nitrogens with one attached hydrogen (secondary N) is 1. The molecule has 2 rings (SSSR count). The summed E-state index contributed by atoms with van der Waals surface area (Å²) < 4.78 is 29.2. The van der Waals surface area contributed by atoms with Crippen LogP contribution in [0.25, 0.3) is 11.5 Å². The van der Waals surface area contributed by atoms with Crippen LogP contribution in [0.5, 0.6) is 0 Å². The Morgan fingerprint density at radius 2 is 1.77 bits per heavy atom. The Bertz CT molecular complexity index is 657. The lowest BCUT2D eigenvalue weighted by Gasteiger charge is -2.14. The number of aryl methyl sites for hydroxylation is 1. The van der Waals surface area contributed by atoms with Crippen LogP contribution >= 0.6 is 7.60 Å². The van der Waals surface area contributed by atoms with E-state index in [4.69, 9.17) is 13.5 Å². The normalized spacial score (nSPS) is 11.6. The maximum atomic E-state index is 12.9. The van der Waals surface area contributed by atoms with E-state index in [0.29, 0.717) is 11.8 Å². The van der Waals surface area contributed by atoms with E-state index in [9.17, 15) is 4.57 Å². The van der Waals surface area contributed by atoms with Crippen LogP contribution in [0.15, 0.2) is 28.7 Å². The van der Waals surface area contributed by atoms with Crippen molar-refractivity contribution in [2.45, 2.75) is 20.8 Å². The second-order valence-corrected chi connectivity index (χ2v) is 6.56. The van der Waals surface area contributed by atoms with E-state index in [1.54, 1.807) is 20.9 Å². The van der Waals surface area contributed by atoms with Crippen LogP contribution in [-0.4, -0.2) is 25.2 Å². The quantitative estimate of drug-likeness (QED) is 0.785. The molecule has 0 aliphatic heterocycles. The van der Waals surface area contributed by atoms with Gasteiger partial charge in [0.25, 0.3) is 0 Å². The van der Waals surface area contributed by atoms with Gasteiger partial charge in [0.1, 0.15) is 0 Å². The number of rotatable bonds is 7. The molecule has 1 aromatic carbocycles. The van der Waals surface area contributed by atoms with E-state index in [1.165, 1.54) is 0 Å². The first kappa shape index (κ1) is 16.7. The maximum Gasteiger partial charge on any atom is 0.385 e. The molecule has 0 fully saturated rings. The molecule has 0 aliphatic carbocycles. The molecule has 6 nitrogen and oxygen atoms in total. The fourth-order valence-corrected chi connectivity index (χ4v) is 3.60. The van der Waals surface area contributed by atoms with Crippen LogP contribution in [0, 0.1) is 6.92 Å². The molecule has 0 saturated heterocycles. The van der Waals surface area contributed by atoms with Crippen molar-refractivity contribution in [1.29, 1.82) is 0 Å². The van der Waals surface area contributed by atoms with Gasteiger partial charge in [-0.2, -0.15) is 4.98 Å². The molecular formula is C15H21N2O4P. The zero-order chi connectivity index (χ0) is 16.2. The van der Waals surface area contributed by atoms with Crippen LogP contribution in [0.1, 0.15) is 19.4 Å². The zero-order valence-corrected chi connectivity index (χ0v) is 14.1. The van der Waals surface area contributed by atoms with Gasteiger partial charge in [-0.3, -0.25) is 4.57 Å². The molecule has 0 bridgehead atoms. The molecule has 0 radical (unpaired) electrons. The monoisotopic (exact) mass is 324 g/mol. The largest absolute Gasteiger partial charge is 0.420 e. The molecule has 1 aromatic heterocycles. The molecule has 0 saturated carbocycles. The summed E-state index contributed by atoms with van der Waals surface area (Å²) in [5, 5.41) is 2.86. The Labute approximate surface area is 130 Å². The standard InChI is InChI=1S/C15H21N2O4P/c1-5-19-22(18,20-6-2)15-14(16-4)21-13(17-15)12-9-7-11(3)8-10-12/h7-10,16H,5-6H2,1-4H3. The molecule has 1 heterocycles. The third-order valence-electron chi connectivity index (χ3n) is 2.99. The highest BCUT2D eigenvalue weighted by Crippen LogP contribution is 2.49. The molecule has 22 heavy (non-hydrogen) atoms. The lowest BCUT2D eigenvalue weighted by molar-refractivity contribution is 0.229. The first-order valence-corrected chi connectivity index (χ1v) is 8.73. The van der Waals surface area contributed by atoms with Gasteiger partial charge in [-0.05, 0) is 32.9 Å². The Balaban J connectivity index is 2.48. The SMILES string of the molecule is CCOP(=O)(OCC)c1nc(-c2ccc(C)cc2)oc1NC. The number of oxazole rings is 1. The van der Waals surface area contributed by atoms with Gasteiger partial charge in [-0.15, -0.1) is 0 Å². The van der Waals surface area contributed by atoms with Crippen LogP contribution in [0.4, 0.5) is 5.88 Å². The summed E-state index contributed by atoms with van der Waals surface area (Å²) in [6, 6.07) is 7.72. The van der Waals surface area contributed by atoms with Crippen molar-refractivity contribution in [3.8, 4) is 11.5 Å². The van der Waals surface area contributed by atoms with Crippen molar-refractivity contribution in [1.82, 2.24) is 4.98 Å². The average Bonchev–Trinajstić information content (AvgIpc) is 2.93. The molecule has 0 aliphatic rings. The molecule has 120 valence electrons. The highest BCUT2D eigenvalue weighted by molar-refractivity contribution is 7.62. The van der Waals surface area contributed by atoms with Crippen molar-refractivity contribution in [2.24, 2.45) is 0 Å². The Hall–Kier alpha value is -1.62. The van der Waals surface area contributed by atoms with Gasteiger partial charge in [0.2, 0.25) is 17.2 Å². The Kier molecular flexibility index (Phi) is 5.40. The predicted molar refractivity (Wildman–Crippen MR) is 86.7 cm³/mol. The summed E-state index contributed by atoms with van der Waals surface area (Å²) in [6.07, 6.45) is 0. The summed E-state index contributed by atoms with van der Waals surface area (Å²) in [5.74, 6) is 0.666. The van der Waals surface area contributed by atoms with Gasteiger partial charge in [0.15, 0.2) is 0 Å². The highest BCUT2D eigenvalue weighted by Gasteiger charge is 2.35. The number of hydrogen-bond donors (Lipinski definition) is 1. The van der Waals surface area contributed by atoms with Gasteiger partial charge in [0.05, 0.1) is 13.2 Å². The van der Waals surface area contributed by atoms with Gasteiger partial charge in [0, 0.05) is 12.6 Å². The van der Waals surface area contributed by atoms with E-state index in [2.05, 4.69) is 10.3 Å². The highest BCUT2D eigenvalue weighted by atomic mass is 31.2. The summed E-state index contributed by atoms with van der Waals surface area (Å²) in [6.45, 7) is 6.03. The molecule has 0 amide bonds. The van der Waals surface area contributed by atoms with Crippen LogP contribution < -0.4 is 10.8 Å². The van der Waals surface area contributed by atoms with Crippen LogP contribution in [0.2, 0.25) is 0 Å². The fraction of sp³-hybridized carbons (Fsp3) is 0.400. The lowest BCUT2D eigenvalue weighted by atomic mass is 10.1. The minimum absolute atomic E-state index is 0.175. The molecule has 0 unspecified atom stereocenters. The maximum absolute atomic E-state index is 12.9. The smallest absolute Gasteiger partial charge is 0.385 e. The van der Waals surface area contributed by atoms with Crippen molar-refractivity contribution in [2.75, 3.05) is 25.6 Å². The van der Waals surface area contributed by atoms with Crippen LogP contribution in [0.3, 0.4) is 0 Å². The summed E-state index contributed by atoms with van der Waals surface area (Å²) >= 11 is 0. The van der Waals surface area contributed by atoms with E-state index in [-0.39, 0.29) is 18.6 Å². The molecule has 0 spiro atoms. The first-order valence-electron chi connectivity index (χ1n) is 7.19. The average molecular weight is 324 g/mol. The van der Waals surface area contributed by atoms with E-state index in [1.807, 2.05) is 31.2 Å².